The van der Waals surface area contributed by atoms with Gasteiger partial charge >= 0.3 is 0 Å². The standard InChI is InChI=1S/C8H17NO/c1-7(2)8(4-5-9)6-10-3/h4,7H,5-6,9H2,1-3H3. The Kier molecular flexibility index (Phi) is 5.26. The maximum absolute atomic E-state index is 5.37. The quantitative estimate of drug-likeness (QED) is 0.600. The lowest BCUT2D eigenvalue weighted by atomic mass is 10.0. The molecule has 0 amide bonds. The molecule has 0 aromatic heterocycles. The highest BCUT2D eigenvalue weighted by molar-refractivity contribution is 5.05. The van der Waals surface area contributed by atoms with Crippen LogP contribution in [0.5, 0.6) is 0 Å². The Bertz CT molecular complexity index is 108. The highest BCUT2D eigenvalue weighted by Gasteiger charge is 2.00. The van der Waals surface area contributed by atoms with Crippen LogP contribution in [0.4, 0.5) is 0 Å². The highest BCUT2D eigenvalue weighted by Crippen LogP contribution is 2.08. The molecule has 0 aliphatic rings. The van der Waals surface area contributed by atoms with Crippen LogP contribution in [0.3, 0.4) is 0 Å². The third-order valence-corrected chi connectivity index (χ3v) is 1.43. The highest BCUT2D eigenvalue weighted by atomic mass is 16.5. The van der Waals surface area contributed by atoms with E-state index in [1.807, 2.05) is 6.08 Å². The van der Waals surface area contributed by atoms with Crippen LogP contribution in [-0.2, 0) is 4.74 Å². The number of hydrogen-bond acceptors (Lipinski definition) is 2. The Morgan fingerprint density at radius 3 is 2.50 bits per heavy atom. The van der Waals surface area contributed by atoms with Gasteiger partial charge in [-0.1, -0.05) is 19.9 Å². The second kappa shape index (κ2) is 5.45. The molecule has 0 saturated carbocycles. The Morgan fingerprint density at radius 1 is 1.60 bits per heavy atom. The zero-order chi connectivity index (χ0) is 7.98. The van der Waals surface area contributed by atoms with Crippen LogP contribution in [0.15, 0.2) is 11.6 Å². The topological polar surface area (TPSA) is 35.2 Å². The lowest BCUT2D eigenvalue weighted by Crippen LogP contribution is -2.05. The molecule has 0 heterocycles. The maximum atomic E-state index is 5.37. The first kappa shape index (κ1) is 9.66. The van der Waals surface area contributed by atoms with Gasteiger partial charge in [0.1, 0.15) is 0 Å². The van der Waals surface area contributed by atoms with E-state index in [1.165, 1.54) is 5.57 Å². The van der Waals surface area contributed by atoms with Crippen molar-refractivity contribution in [1.29, 1.82) is 0 Å². The number of ether oxygens (including phenoxy) is 1. The van der Waals surface area contributed by atoms with Crippen molar-refractivity contribution in [3.8, 4) is 0 Å². The molecule has 60 valence electrons. The third-order valence-electron chi connectivity index (χ3n) is 1.43. The van der Waals surface area contributed by atoms with Crippen LogP contribution < -0.4 is 5.73 Å². The summed E-state index contributed by atoms with van der Waals surface area (Å²) in [6.45, 7) is 5.59. The van der Waals surface area contributed by atoms with Gasteiger partial charge in [0.05, 0.1) is 6.61 Å². The molecule has 2 N–H and O–H groups in total. The van der Waals surface area contributed by atoms with Crippen molar-refractivity contribution in [3.05, 3.63) is 11.6 Å². The summed E-state index contributed by atoms with van der Waals surface area (Å²) in [6, 6.07) is 0. The number of nitrogens with two attached hydrogens (primary N) is 1. The number of hydrogen-bond donors (Lipinski definition) is 1. The molecule has 0 aromatic rings. The van der Waals surface area contributed by atoms with Crippen LogP contribution in [-0.4, -0.2) is 20.3 Å². The summed E-state index contributed by atoms with van der Waals surface area (Å²) in [7, 11) is 1.70. The fourth-order valence-electron chi connectivity index (χ4n) is 0.779. The summed E-state index contributed by atoms with van der Waals surface area (Å²) in [6.07, 6.45) is 2.02. The Hall–Kier alpha value is -0.340. The molecule has 0 radical (unpaired) electrons. The number of methoxy groups -OCH3 is 1. The fourth-order valence-corrected chi connectivity index (χ4v) is 0.779. The predicted octanol–water partition coefficient (Wildman–Crippen LogP) is 1.17. The van der Waals surface area contributed by atoms with Gasteiger partial charge in [-0.2, -0.15) is 0 Å². The predicted molar refractivity (Wildman–Crippen MR) is 43.9 cm³/mol. The number of rotatable bonds is 4. The van der Waals surface area contributed by atoms with Crippen molar-refractivity contribution in [2.75, 3.05) is 20.3 Å². The molecule has 0 aromatic carbocycles. The largest absolute Gasteiger partial charge is 0.380 e. The van der Waals surface area contributed by atoms with Crippen molar-refractivity contribution < 1.29 is 4.74 Å². The van der Waals surface area contributed by atoms with E-state index in [4.69, 9.17) is 10.5 Å². The SMILES string of the molecule is COCC(=CCN)C(C)C. The van der Waals surface area contributed by atoms with Gasteiger partial charge in [0.2, 0.25) is 0 Å². The molecule has 2 heteroatoms. The lowest BCUT2D eigenvalue weighted by Gasteiger charge is -2.08. The monoisotopic (exact) mass is 143 g/mol. The van der Waals surface area contributed by atoms with Gasteiger partial charge in [0.25, 0.3) is 0 Å². The van der Waals surface area contributed by atoms with Crippen LogP contribution in [0.2, 0.25) is 0 Å². The van der Waals surface area contributed by atoms with E-state index in [2.05, 4.69) is 13.8 Å². The maximum Gasteiger partial charge on any atom is 0.0675 e. The first-order valence-corrected chi connectivity index (χ1v) is 3.60. The van der Waals surface area contributed by atoms with Gasteiger partial charge < -0.3 is 10.5 Å². The van der Waals surface area contributed by atoms with E-state index in [1.54, 1.807) is 7.11 Å². The summed E-state index contributed by atoms with van der Waals surface area (Å²) >= 11 is 0. The molecular formula is C8H17NO. The summed E-state index contributed by atoms with van der Waals surface area (Å²) in [5.41, 5.74) is 6.65. The normalized spacial score (nSPS) is 12.7. The minimum Gasteiger partial charge on any atom is -0.380 e. The zero-order valence-electron chi connectivity index (χ0n) is 7.05. The smallest absolute Gasteiger partial charge is 0.0675 e. The summed E-state index contributed by atoms with van der Waals surface area (Å²) in [5, 5.41) is 0. The van der Waals surface area contributed by atoms with Gasteiger partial charge in [-0.25, -0.2) is 0 Å². The molecule has 10 heavy (non-hydrogen) atoms. The van der Waals surface area contributed by atoms with Crippen molar-refractivity contribution >= 4 is 0 Å². The summed E-state index contributed by atoms with van der Waals surface area (Å²) in [5.74, 6) is 0.545. The van der Waals surface area contributed by atoms with Crippen molar-refractivity contribution in [1.82, 2.24) is 0 Å². The van der Waals surface area contributed by atoms with Crippen LogP contribution in [0.1, 0.15) is 13.8 Å². The minimum atomic E-state index is 0.545. The van der Waals surface area contributed by atoms with Crippen molar-refractivity contribution in [2.24, 2.45) is 11.7 Å². The minimum absolute atomic E-state index is 0.545. The van der Waals surface area contributed by atoms with Crippen molar-refractivity contribution in [3.63, 3.8) is 0 Å². The fraction of sp³-hybridized carbons (Fsp3) is 0.750. The first-order valence-electron chi connectivity index (χ1n) is 3.60. The zero-order valence-corrected chi connectivity index (χ0v) is 7.05. The van der Waals surface area contributed by atoms with E-state index in [-0.39, 0.29) is 0 Å². The average molecular weight is 143 g/mol. The molecular weight excluding hydrogens is 126 g/mol. The van der Waals surface area contributed by atoms with E-state index in [0.717, 1.165) is 0 Å². The van der Waals surface area contributed by atoms with Crippen LogP contribution >= 0.6 is 0 Å². The Balaban J connectivity index is 3.85. The molecule has 0 bridgehead atoms. The van der Waals surface area contributed by atoms with E-state index >= 15 is 0 Å². The molecule has 0 atom stereocenters. The molecule has 0 unspecified atom stereocenters. The van der Waals surface area contributed by atoms with Gasteiger partial charge in [0.15, 0.2) is 0 Å². The first-order chi connectivity index (χ1) is 4.72. The van der Waals surface area contributed by atoms with E-state index < -0.39 is 0 Å². The van der Waals surface area contributed by atoms with Crippen LogP contribution in [0.25, 0.3) is 0 Å². The molecule has 0 spiro atoms. The summed E-state index contributed by atoms with van der Waals surface area (Å²) < 4.78 is 4.99. The van der Waals surface area contributed by atoms with Gasteiger partial charge in [-0.15, -0.1) is 0 Å². The summed E-state index contributed by atoms with van der Waals surface area (Å²) in [4.78, 5) is 0. The van der Waals surface area contributed by atoms with Gasteiger partial charge in [0, 0.05) is 13.7 Å². The molecule has 0 fully saturated rings. The van der Waals surface area contributed by atoms with Crippen molar-refractivity contribution in [2.45, 2.75) is 13.8 Å². The average Bonchev–Trinajstić information content (AvgIpc) is 1.87. The Labute approximate surface area is 63.1 Å². The second-order valence-corrected chi connectivity index (χ2v) is 2.60. The Morgan fingerprint density at radius 2 is 2.20 bits per heavy atom. The van der Waals surface area contributed by atoms with E-state index in [0.29, 0.717) is 19.1 Å². The molecule has 0 aliphatic carbocycles. The molecule has 0 rings (SSSR count). The van der Waals surface area contributed by atoms with Gasteiger partial charge in [-0.05, 0) is 11.5 Å². The van der Waals surface area contributed by atoms with E-state index in [9.17, 15) is 0 Å². The third kappa shape index (κ3) is 3.64. The van der Waals surface area contributed by atoms with Crippen LogP contribution in [0, 0.1) is 5.92 Å². The lowest BCUT2D eigenvalue weighted by molar-refractivity contribution is 0.218. The second-order valence-electron chi connectivity index (χ2n) is 2.60. The molecule has 0 aliphatic heterocycles. The molecule has 2 nitrogen and oxygen atoms in total. The molecule has 0 saturated heterocycles. The van der Waals surface area contributed by atoms with Gasteiger partial charge in [-0.3, -0.25) is 0 Å².